The van der Waals surface area contributed by atoms with Gasteiger partial charge in [0.25, 0.3) is 0 Å². The summed E-state index contributed by atoms with van der Waals surface area (Å²) in [6.45, 7) is 4.69. The smallest absolute Gasteiger partial charge is 0.223 e. The Hall–Kier alpha value is -2.24. The molecule has 0 unspecified atom stereocenters. The Balaban J connectivity index is 1.86. The van der Waals surface area contributed by atoms with Crippen molar-refractivity contribution in [3.63, 3.8) is 0 Å². The van der Waals surface area contributed by atoms with E-state index in [1.165, 1.54) is 19.3 Å². The molecule has 0 aromatic heterocycles. The molecule has 2 N–H and O–H groups in total. The maximum Gasteiger partial charge on any atom is 0.223 e. The highest BCUT2D eigenvalue weighted by atomic mass is 16.5. The van der Waals surface area contributed by atoms with Crippen LogP contribution in [-0.4, -0.2) is 50.6 Å². The number of hydrogen-bond donors (Lipinski definition) is 2. The number of nitrogens with zero attached hydrogens (tertiary/aromatic N) is 2. The van der Waals surface area contributed by atoms with Crippen LogP contribution < -0.4 is 15.4 Å². The van der Waals surface area contributed by atoms with Crippen molar-refractivity contribution in [3.8, 4) is 5.75 Å². The topological polar surface area (TPSA) is 66.0 Å². The molecule has 0 atom stereocenters. The summed E-state index contributed by atoms with van der Waals surface area (Å²) in [5.74, 6) is 2.09. The molecule has 1 aliphatic rings. The molecule has 0 radical (unpaired) electrons. The van der Waals surface area contributed by atoms with Gasteiger partial charge in [-0.15, -0.1) is 0 Å². The van der Waals surface area contributed by atoms with E-state index in [1.807, 2.05) is 25.2 Å². The van der Waals surface area contributed by atoms with Gasteiger partial charge < -0.3 is 20.3 Å². The molecule has 27 heavy (non-hydrogen) atoms. The van der Waals surface area contributed by atoms with E-state index in [9.17, 15) is 4.79 Å². The molecule has 0 bridgehead atoms. The quantitative estimate of drug-likeness (QED) is 0.417. The minimum atomic E-state index is 0.192. The van der Waals surface area contributed by atoms with Crippen molar-refractivity contribution in [2.24, 2.45) is 10.9 Å². The van der Waals surface area contributed by atoms with Crippen molar-refractivity contribution in [2.75, 3.05) is 33.8 Å². The zero-order valence-electron chi connectivity index (χ0n) is 17.0. The predicted molar refractivity (Wildman–Crippen MR) is 110 cm³/mol. The van der Waals surface area contributed by atoms with Crippen molar-refractivity contribution in [2.45, 2.75) is 45.6 Å². The zero-order chi connectivity index (χ0) is 19.5. The van der Waals surface area contributed by atoms with E-state index < -0.39 is 0 Å². The number of guanidine groups is 1. The van der Waals surface area contributed by atoms with Crippen LogP contribution in [-0.2, 0) is 11.3 Å². The lowest BCUT2D eigenvalue weighted by atomic mass is 9.89. The standard InChI is InChI=1S/C21H34N4O2/c1-4-22-21(25(2)16-18-12-8-9-13-19(18)27-3)24-15-14-23-20(26)17-10-6-5-7-11-17/h8-9,12-13,17H,4-7,10-11,14-16H2,1-3H3,(H,22,24)(H,23,26). The summed E-state index contributed by atoms with van der Waals surface area (Å²) in [4.78, 5) is 18.9. The molecule has 0 heterocycles. The van der Waals surface area contributed by atoms with Gasteiger partial charge in [0.05, 0.1) is 13.7 Å². The number of nitrogens with one attached hydrogen (secondary N) is 2. The maximum absolute atomic E-state index is 12.2. The molecule has 1 aromatic rings. The summed E-state index contributed by atoms with van der Waals surface area (Å²) in [7, 11) is 3.70. The summed E-state index contributed by atoms with van der Waals surface area (Å²) in [6.07, 6.45) is 5.67. The number of benzene rings is 1. The van der Waals surface area contributed by atoms with E-state index in [4.69, 9.17) is 4.74 Å². The van der Waals surface area contributed by atoms with E-state index in [0.717, 1.165) is 36.7 Å². The van der Waals surface area contributed by atoms with E-state index >= 15 is 0 Å². The molecule has 2 rings (SSSR count). The fourth-order valence-electron chi connectivity index (χ4n) is 3.48. The number of para-hydroxylation sites is 1. The molecule has 1 aliphatic carbocycles. The third-order valence-electron chi connectivity index (χ3n) is 4.95. The van der Waals surface area contributed by atoms with Gasteiger partial charge in [-0.05, 0) is 25.8 Å². The van der Waals surface area contributed by atoms with Gasteiger partial charge in [0.1, 0.15) is 5.75 Å². The van der Waals surface area contributed by atoms with Crippen LogP contribution in [0, 0.1) is 5.92 Å². The molecular formula is C21H34N4O2. The Bertz CT molecular complexity index is 612. The van der Waals surface area contributed by atoms with Crippen molar-refractivity contribution in [1.29, 1.82) is 0 Å². The van der Waals surface area contributed by atoms with Crippen LogP contribution >= 0.6 is 0 Å². The molecular weight excluding hydrogens is 340 g/mol. The van der Waals surface area contributed by atoms with Crippen molar-refractivity contribution >= 4 is 11.9 Å². The van der Waals surface area contributed by atoms with Gasteiger partial charge >= 0.3 is 0 Å². The Morgan fingerprint density at radius 1 is 1.22 bits per heavy atom. The number of ether oxygens (including phenoxy) is 1. The molecule has 0 saturated heterocycles. The number of amides is 1. The average Bonchev–Trinajstić information content (AvgIpc) is 2.71. The van der Waals surface area contributed by atoms with Crippen LogP contribution in [0.5, 0.6) is 5.75 Å². The second-order valence-electron chi connectivity index (χ2n) is 7.03. The van der Waals surface area contributed by atoms with Gasteiger partial charge in [-0.2, -0.15) is 0 Å². The Morgan fingerprint density at radius 3 is 2.67 bits per heavy atom. The summed E-state index contributed by atoms with van der Waals surface area (Å²) in [5.41, 5.74) is 1.11. The van der Waals surface area contributed by atoms with E-state index in [1.54, 1.807) is 7.11 Å². The van der Waals surface area contributed by atoms with Gasteiger partial charge in [0, 0.05) is 38.2 Å². The van der Waals surface area contributed by atoms with Gasteiger partial charge in [-0.1, -0.05) is 37.5 Å². The number of methoxy groups -OCH3 is 1. The highest BCUT2D eigenvalue weighted by molar-refractivity contribution is 5.80. The highest BCUT2D eigenvalue weighted by Crippen LogP contribution is 2.23. The molecule has 6 heteroatoms. The van der Waals surface area contributed by atoms with Crippen LogP contribution in [0.25, 0.3) is 0 Å². The highest BCUT2D eigenvalue weighted by Gasteiger charge is 2.20. The van der Waals surface area contributed by atoms with Gasteiger partial charge in [-0.25, -0.2) is 0 Å². The van der Waals surface area contributed by atoms with E-state index in [2.05, 4.69) is 33.5 Å². The van der Waals surface area contributed by atoms with Crippen molar-refractivity contribution in [3.05, 3.63) is 29.8 Å². The first-order chi connectivity index (χ1) is 13.2. The minimum Gasteiger partial charge on any atom is -0.496 e. The molecule has 1 fully saturated rings. The molecule has 1 saturated carbocycles. The Labute approximate surface area is 163 Å². The van der Waals surface area contributed by atoms with Gasteiger partial charge in [0.15, 0.2) is 5.96 Å². The summed E-state index contributed by atoms with van der Waals surface area (Å²) >= 11 is 0. The van der Waals surface area contributed by atoms with Crippen molar-refractivity contribution in [1.82, 2.24) is 15.5 Å². The number of hydrogen-bond acceptors (Lipinski definition) is 3. The molecule has 1 aromatic carbocycles. The number of rotatable bonds is 8. The third kappa shape index (κ3) is 6.77. The SMILES string of the molecule is CCNC(=NCCNC(=O)C1CCCCC1)N(C)Cc1ccccc1OC. The number of aliphatic imine (C=N–C) groups is 1. The van der Waals surface area contributed by atoms with Crippen LogP contribution in [0.2, 0.25) is 0 Å². The second-order valence-corrected chi connectivity index (χ2v) is 7.03. The third-order valence-corrected chi connectivity index (χ3v) is 4.95. The second kappa shape index (κ2) is 11.5. The van der Waals surface area contributed by atoms with Crippen molar-refractivity contribution < 1.29 is 9.53 Å². The maximum atomic E-state index is 12.2. The Kier molecular flexibility index (Phi) is 8.95. The lowest BCUT2D eigenvalue weighted by Crippen LogP contribution is -2.39. The predicted octanol–water partition coefficient (Wildman–Crippen LogP) is 2.79. The average molecular weight is 375 g/mol. The fraction of sp³-hybridized carbons (Fsp3) is 0.619. The van der Waals surface area contributed by atoms with Crippen LogP contribution in [0.15, 0.2) is 29.3 Å². The number of carbonyl (C=O) groups excluding carboxylic acids is 1. The number of carbonyl (C=O) groups is 1. The monoisotopic (exact) mass is 374 g/mol. The first kappa shape index (κ1) is 21.1. The largest absolute Gasteiger partial charge is 0.496 e. The lowest BCUT2D eigenvalue weighted by Gasteiger charge is -2.23. The summed E-state index contributed by atoms with van der Waals surface area (Å²) in [6, 6.07) is 8.00. The van der Waals surface area contributed by atoms with Crippen LogP contribution in [0.4, 0.5) is 0 Å². The molecule has 6 nitrogen and oxygen atoms in total. The van der Waals surface area contributed by atoms with Gasteiger partial charge in [0.2, 0.25) is 5.91 Å². The Morgan fingerprint density at radius 2 is 1.96 bits per heavy atom. The zero-order valence-corrected chi connectivity index (χ0v) is 17.0. The van der Waals surface area contributed by atoms with E-state index in [-0.39, 0.29) is 11.8 Å². The summed E-state index contributed by atoms with van der Waals surface area (Å²) < 4.78 is 5.43. The fourth-order valence-corrected chi connectivity index (χ4v) is 3.48. The normalized spacial score (nSPS) is 15.3. The van der Waals surface area contributed by atoms with E-state index in [0.29, 0.717) is 19.6 Å². The lowest BCUT2D eigenvalue weighted by molar-refractivity contribution is -0.125. The first-order valence-electron chi connectivity index (χ1n) is 10.0. The molecule has 0 spiro atoms. The molecule has 1 amide bonds. The summed E-state index contributed by atoms with van der Waals surface area (Å²) in [5, 5.41) is 6.36. The van der Waals surface area contributed by atoms with Gasteiger partial charge in [-0.3, -0.25) is 9.79 Å². The first-order valence-corrected chi connectivity index (χ1v) is 10.0. The van der Waals surface area contributed by atoms with Crippen LogP contribution in [0.3, 0.4) is 0 Å². The molecule has 0 aliphatic heterocycles. The molecule has 150 valence electrons. The van der Waals surface area contributed by atoms with Crippen LogP contribution in [0.1, 0.15) is 44.6 Å². The minimum absolute atomic E-state index is 0.192.